The standard InChI is InChI=1S/C20H22ClN3O4/c1-12-9-13(2)11-14(10-12)19(26)23(20(3,4)5)22-18(25)15-7-6-8-16(21)17(15)24(27)28/h6-11H,1-5H3,(H,22,25). The SMILES string of the molecule is Cc1cc(C)cc(C(=O)N(NC(=O)c2cccc(Cl)c2[N+](=O)[O-])C(C)(C)C)c1. The van der Waals surface area contributed by atoms with E-state index in [9.17, 15) is 19.7 Å². The van der Waals surface area contributed by atoms with Crippen molar-refractivity contribution in [3.63, 3.8) is 0 Å². The molecule has 2 aromatic rings. The maximum absolute atomic E-state index is 13.1. The van der Waals surface area contributed by atoms with Gasteiger partial charge in [0, 0.05) is 5.56 Å². The molecule has 0 aliphatic rings. The minimum absolute atomic E-state index is 0.152. The molecule has 0 unspecified atom stereocenters. The van der Waals surface area contributed by atoms with Gasteiger partial charge in [0.15, 0.2) is 0 Å². The Labute approximate surface area is 168 Å². The van der Waals surface area contributed by atoms with Crippen LogP contribution in [0.15, 0.2) is 36.4 Å². The summed E-state index contributed by atoms with van der Waals surface area (Å²) >= 11 is 5.89. The van der Waals surface area contributed by atoms with Crippen LogP contribution in [-0.4, -0.2) is 27.3 Å². The average Bonchev–Trinajstić information content (AvgIpc) is 2.56. The molecule has 2 aromatic carbocycles. The summed E-state index contributed by atoms with van der Waals surface area (Å²) in [6, 6.07) is 9.45. The van der Waals surface area contributed by atoms with E-state index < -0.39 is 28.0 Å². The maximum Gasteiger partial charge on any atom is 0.300 e. The summed E-state index contributed by atoms with van der Waals surface area (Å²) in [7, 11) is 0. The van der Waals surface area contributed by atoms with E-state index in [1.54, 1.807) is 32.9 Å². The summed E-state index contributed by atoms with van der Waals surface area (Å²) in [5.74, 6) is -1.21. The molecule has 148 valence electrons. The smallest absolute Gasteiger partial charge is 0.267 e. The Bertz CT molecular complexity index is 931. The normalized spacial score (nSPS) is 11.1. The number of hydrogen-bond acceptors (Lipinski definition) is 4. The van der Waals surface area contributed by atoms with Crippen LogP contribution >= 0.6 is 11.6 Å². The van der Waals surface area contributed by atoms with E-state index in [2.05, 4.69) is 5.43 Å². The fraction of sp³-hybridized carbons (Fsp3) is 0.300. The number of carbonyl (C=O) groups is 2. The van der Waals surface area contributed by atoms with Crippen molar-refractivity contribution < 1.29 is 14.5 Å². The number of amides is 2. The molecule has 0 spiro atoms. The van der Waals surface area contributed by atoms with Gasteiger partial charge in [0.2, 0.25) is 0 Å². The minimum atomic E-state index is -0.790. The highest BCUT2D eigenvalue weighted by Crippen LogP contribution is 2.28. The summed E-state index contributed by atoms with van der Waals surface area (Å²) < 4.78 is 0. The van der Waals surface area contributed by atoms with Gasteiger partial charge < -0.3 is 0 Å². The molecule has 0 aromatic heterocycles. The molecule has 0 saturated carbocycles. The molecule has 0 fully saturated rings. The van der Waals surface area contributed by atoms with E-state index in [4.69, 9.17) is 11.6 Å². The topological polar surface area (TPSA) is 92.6 Å². The van der Waals surface area contributed by atoms with Crippen LogP contribution < -0.4 is 5.43 Å². The van der Waals surface area contributed by atoms with E-state index in [1.807, 2.05) is 19.9 Å². The van der Waals surface area contributed by atoms with Crippen LogP contribution in [0.5, 0.6) is 0 Å². The second-order valence-electron chi connectivity index (χ2n) is 7.52. The van der Waals surface area contributed by atoms with Crippen LogP contribution in [-0.2, 0) is 0 Å². The Hall–Kier alpha value is -2.93. The van der Waals surface area contributed by atoms with E-state index in [1.165, 1.54) is 23.2 Å². The molecule has 0 aliphatic heterocycles. The highest BCUT2D eigenvalue weighted by atomic mass is 35.5. The molecule has 0 bridgehead atoms. The van der Waals surface area contributed by atoms with Gasteiger partial charge in [-0.3, -0.25) is 25.1 Å². The van der Waals surface area contributed by atoms with Crippen molar-refractivity contribution in [3.05, 3.63) is 73.8 Å². The van der Waals surface area contributed by atoms with E-state index in [-0.39, 0.29) is 10.6 Å². The van der Waals surface area contributed by atoms with E-state index >= 15 is 0 Å². The van der Waals surface area contributed by atoms with E-state index in [0.29, 0.717) is 5.56 Å². The third-order valence-electron chi connectivity index (χ3n) is 3.97. The molecular weight excluding hydrogens is 382 g/mol. The lowest BCUT2D eigenvalue weighted by molar-refractivity contribution is -0.385. The number of nitrogens with zero attached hydrogens (tertiary/aromatic N) is 2. The quantitative estimate of drug-likeness (QED) is 0.605. The van der Waals surface area contributed by atoms with Gasteiger partial charge in [0.1, 0.15) is 10.6 Å². The van der Waals surface area contributed by atoms with Gasteiger partial charge in [-0.1, -0.05) is 34.9 Å². The van der Waals surface area contributed by atoms with Crippen molar-refractivity contribution in [1.29, 1.82) is 0 Å². The molecule has 8 heteroatoms. The zero-order valence-electron chi connectivity index (χ0n) is 16.4. The molecular formula is C20H22ClN3O4. The van der Waals surface area contributed by atoms with Gasteiger partial charge >= 0.3 is 5.69 Å². The summed E-state index contributed by atoms with van der Waals surface area (Å²) in [6.45, 7) is 9.00. The number of carbonyl (C=O) groups excluding carboxylic acids is 2. The molecule has 2 amide bonds. The molecule has 0 heterocycles. The molecule has 28 heavy (non-hydrogen) atoms. The fourth-order valence-electron chi connectivity index (χ4n) is 2.80. The first-order valence-corrected chi connectivity index (χ1v) is 8.96. The van der Waals surface area contributed by atoms with E-state index in [0.717, 1.165) is 11.1 Å². The van der Waals surface area contributed by atoms with Crippen LogP contribution in [0, 0.1) is 24.0 Å². The van der Waals surface area contributed by atoms with Crippen LogP contribution in [0.4, 0.5) is 5.69 Å². The second kappa shape index (κ2) is 7.98. The predicted octanol–water partition coefficient (Wildman–Crippen LogP) is 4.45. The number of rotatable bonds is 3. The van der Waals surface area contributed by atoms with Gasteiger partial charge in [-0.2, -0.15) is 0 Å². The summed E-state index contributed by atoms with van der Waals surface area (Å²) in [4.78, 5) is 36.5. The van der Waals surface area contributed by atoms with Crippen LogP contribution in [0.3, 0.4) is 0 Å². The van der Waals surface area contributed by atoms with Gasteiger partial charge in [0.05, 0.1) is 10.5 Å². The molecule has 0 atom stereocenters. The average molecular weight is 404 g/mol. The third kappa shape index (κ3) is 4.67. The Kier molecular flexibility index (Phi) is 6.09. The Morgan fingerprint density at radius 3 is 2.18 bits per heavy atom. The Morgan fingerprint density at radius 2 is 1.68 bits per heavy atom. The predicted molar refractivity (Wildman–Crippen MR) is 107 cm³/mol. The number of nitro benzene ring substituents is 1. The first-order chi connectivity index (χ1) is 12.9. The number of aryl methyl sites for hydroxylation is 2. The highest BCUT2D eigenvalue weighted by molar-refractivity contribution is 6.33. The largest absolute Gasteiger partial charge is 0.300 e. The van der Waals surface area contributed by atoms with Gasteiger partial charge in [0.25, 0.3) is 11.8 Å². The first-order valence-electron chi connectivity index (χ1n) is 8.58. The number of para-hydroxylation sites is 1. The number of benzene rings is 2. The molecule has 0 aliphatic carbocycles. The monoisotopic (exact) mass is 403 g/mol. The first kappa shape index (κ1) is 21.4. The van der Waals surface area contributed by atoms with Gasteiger partial charge in [-0.25, -0.2) is 5.01 Å². The van der Waals surface area contributed by atoms with Crippen LogP contribution in [0.25, 0.3) is 0 Å². The summed E-state index contributed by atoms with van der Waals surface area (Å²) in [5, 5.41) is 12.3. The number of hydrogen-bond donors (Lipinski definition) is 1. The highest BCUT2D eigenvalue weighted by Gasteiger charge is 2.32. The van der Waals surface area contributed by atoms with Crippen LogP contribution in [0.1, 0.15) is 52.6 Å². The number of nitrogens with one attached hydrogen (secondary N) is 1. The van der Waals surface area contributed by atoms with Crippen molar-refractivity contribution in [1.82, 2.24) is 10.4 Å². The lowest BCUT2D eigenvalue weighted by atomic mass is 10.0. The summed E-state index contributed by atoms with van der Waals surface area (Å²) in [5.41, 5.74) is 3.24. The molecule has 0 saturated heterocycles. The van der Waals surface area contributed by atoms with Crippen molar-refractivity contribution in [2.45, 2.75) is 40.2 Å². The van der Waals surface area contributed by atoms with Gasteiger partial charge in [-0.05, 0) is 58.9 Å². The molecule has 1 N–H and O–H groups in total. The molecule has 7 nitrogen and oxygen atoms in total. The fourth-order valence-corrected chi connectivity index (χ4v) is 3.04. The third-order valence-corrected chi connectivity index (χ3v) is 4.27. The number of hydrazine groups is 1. The minimum Gasteiger partial charge on any atom is -0.267 e. The number of nitro groups is 1. The number of halogens is 1. The Morgan fingerprint density at radius 1 is 1.11 bits per heavy atom. The zero-order valence-corrected chi connectivity index (χ0v) is 17.1. The molecule has 2 rings (SSSR count). The van der Waals surface area contributed by atoms with Crippen LogP contribution in [0.2, 0.25) is 5.02 Å². The molecule has 0 radical (unpaired) electrons. The second-order valence-corrected chi connectivity index (χ2v) is 7.93. The van der Waals surface area contributed by atoms with Crippen molar-refractivity contribution in [3.8, 4) is 0 Å². The lowest BCUT2D eigenvalue weighted by Crippen LogP contribution is -2.56. The van der Waals surface area contributed by atoms with Crippen molar-refractivity contribution in [2.75, 3.05) is 0 Å². The summed E-state index contributed by atoms with van der Waals surface area (Å²) in [6.07, 6.45) is 0. The zero-order chi connectivity index (χ0) is 21.2. The Balaban J connectivity index is 2.44. The van der Waals surface area contributed by atoms with Gasteiger partial charge in [-0.15, -0.1) is 0 Å². The lowest BCUT2D eigenvalue weighted by Gasteiger charge is -2.35. The van der Waals surface area contributed by atoms with Crippen molar-refractivity contribution >= 4 is 29.1 Å². The van der Waals surface area contributed by atoms with Crippen molar-refractivity contribution in [2.24, 2.45) is 0 Å². The maximum atomic E-state index is 13.1.